The predicted octanol–water partition coefficient (Wildman–Crippen LogP) is 2.54. The number of aliphatic hydroxyl groups excluding tert-OH is 1. The second-order valence-corrected chi connectivity index (χ2v) is 5.32. The van der Waals surface area contributed by atoms with Crippen LogP contribution in [-0.4, -0.2) is 17.0 Å². The SMILES string of the molecule is CCC1CCCC(C(=O)C(O)C2CC2)C1. The highest BCUT2D eigenvalue weighted by Gasteiger charge is 2.38. The maximum atomic E-state index is 12.0. The molecule has 86 valence electrons. The molecule has 0 amide bonds. The van der Waals surface area contributed by atoms with Gasteiger partial charge in [0.15, 0.2) is 5.78 Å². The summed E-state index contributed by atoms with van der Waals surface area (Å²) < 4.78 is 0. The Kier molecular flexibility index (Phi) is 3.45. The van der Waals surface area contributed by atoms with E-state index in [0.717, 1.165) is 31.6 Å². The average Bonchev–Trinajstić information content (AvgIpc) is 3.11. The minimum Gasteiger partial charge on any atom is -0.385 e. The Hall–Kier alpha value is -0.370. The van der Waals surface area contributed by atoms with Gasteiger partial charge in [-0.1, -0.05) is 26.2 Å². The van der Waals surface area contributed by atoms with Gasteiger partial charge in [-0.05, 0) is 37.5 Å². The number of aliphatic hydroxyl groups is 1. The molecule has 2 nitrogen and oxygen atoms in total. The van der Waals surface area contributed by atoms with Crippen LogP contribution in [0.2, 0.25) is 0 Å². The van der Waals surface area contributed by atoms with E-state index in [4.69, 9.17) is 0 Å². The van der Waals surface area contributed by atoms with Gasteiger partial charge in [-0.2, -0.15) is 0 Å². The molecule has 2 heteroatoms. The molecule has 0 radical (unpaired) electrons. The lowest BCUT2D eigenvalue weighted by Gasteiger charge is -2.28. The summed E-state index contributed by atoms with van der Waals surface area (Å²) in [4.78, 5) is 12.0. The van der Waals surface area contributed by atoms with Gasteiger partial charge in [0, 0.05) is 5.92 Å². The van der Waals surface area contributed by atoms with Gasteiger partial charge < -0.3 is 5.11 Å². The fraction of sp³-hybridized carbons (Fsp3) is 0.923. The zero-order chi connectivity index (χ0) is 10.8. The molecular formula is C13H22O2. The van der Waals surface area contributed by atoms with E-state index in [-0.39, 0.29) is 11.7 Å². The van der Waals surface area contributed by atoms with E-state index < -0.39 is 6.10 Å². The Morgan fingerprint density at radius 1 is 1.33 bits per heavy atom. The summed E-state index contributed by atoms with van der Waals surface area (Å²) in [7, 11) is 0. The molecule has 0 spiro atoms. The minimum absolute atomic E-state index is 0.149. The average molecular weight is 210 g/mol. The van der Waals surface area contributed by atoms with E-state index in [2.05, 4.69) is 6.92 Å². The van der Waals surface area contributed by atoms with Crippen molar-refractivity contribution in [2.75, 3.05) is 0 Å². The third-order valence-electron chi connectivity index (χ3n) is 4.12. The lowest BCUT2D eigenvalue weighted by Crippen LogP contribution is -2.32. The van der Waals surface area contributed by atoms with E-state index in [1.54, 1.807) is 0 Å². The third-order valence-corrected chi connectivity index (χ3v) is 4.12. The van der Waals surface area contributed by atoms with Crippen LogP contribution in [0, 0.1) is 17.8 Å². The molecule has 3 unspecified atom stereocenters. The van der Waals surface area contributed by atoms with Gasteiger partial charge in [0.25, 0.3) is 0 Å². The second-order valence-electron chi connectivity index (χ2n) is 5.32. The Balaban J connectivity index is 1.88. The molecule has 2 rings (SSSR count). The molecule has 3 atom stereocenters. The Labute approximate surface area is 92.1 Å². The first kappa shape index (κ1) is 11.1. The second kappa shape index (κ2) is 4.65. The Morgan fingerprint density at radius 3 is 2.67 bits per heavy atom. The first-order valence-corrected chi connectivity index (χ1v) is 6.44. The van der Waals surface area contributed by atoms with Crippen LogP contribution in [0.5, 0.6) is 0 Å². The van der Waals surface area contributed by atoms with Crippen molar-refractivity contribution in [3.05, 3.63) is 0 Å². The smallest absolute Gasteiger partial charge is 0.164 e. The highest BCUT2D eigenvalue weighted by molar-refractivity contribution is 5.85. The van der Waals surface area contributed by atoms with Gasteiger partial charge in [0.05, 0.1) is 0 Å². The lowest BCUT2D eigenvalue weighted by atomic mass is 9.77. The molecule has 0 aromatic rings. The summed E-state index contributed by atoms with van der Waals surface area (Å²) >= 11 is 0. The van der Waals surface area contributed by atoms with E-state index in [1.165, 1.54) is 19.3 Å². The van der Waals surface area contributed by atoms with E-state index >= 15 is 0 Å². The molecule has 0 heterocycles. The number of hydrogen-bond acceptors (Lipinski definition) is 2. The quantitative estimate of drug-likeness (QED) is 0.774. The van der Waals surface area contributed by atoms with Gasteiger partial charge in [0.2, 0.25) is 0 Å². The largest absolute Gasteiger partial charge is 0.385 e. The summed E-state index contributed by atoms with van der Waals surface area (Å²) in [5, 5.41) is 9.82. The van der Waals surface area contributed by atoms with Crippen LogP contribution >= 0.6 is 0 Å². The van der Waals surface area contributed by atoms with Crippen molar-refractivity contribution in [1.82, 2.24) is 0 Å². The summed E-state index contributed by atoms with van der Waals surface area (Å²) in [6.07, 6.45) is 7.15. The van der Waals surface area contributed by atoms with Crippen molar-refractivity contribution in [2.24, 2.45) is 17.8 Å². The summed E-state index contributed by atoms with van der Waals surface area (Å²) in [5.74, 6) is 1.34. The van der Waals surface area contributed by atoms with Crippen molar-refractivity contribution in [1.29, 1.82) is 0 Å². The summed E-state index contributed by atoms with van der Waals surface area (Å²) in [6, 6.07) is 0. The van der Waals surface area contributed by atoms with Crippen molar-refractivity contribution < 1.29 is 9.90 Å². The van der Waals surface area contributed by atoms with Crippen molar-refractivity contribution in [3.8, 4) is 0 Å². The topological polar surface area (TPSA) is 37.3 Å². The predicted molar refractivity (Wildman–Crippen MR) is 59.5 cm³/mol. The van der Waals surface area contributed by atoms with Gasteiger partial charge in [0.1, 0.15) is 6.10 Å². The maximum Gasteiger partial charge on any atom is 0.164 e. The lowest BCUT2D eigenvalue weighted by molar-refractivity contribution is -0.133. The van der Waals surface area contributed by atoms with Crippen LogP contribution in [0.15, 0.2) is 0 Å². The van der Waals surface area contributed by atoms with Gasteiger partial charge in [-0.25, -0.2) is 0 Å². The normalized spacial score (nSPS) is 33.7. The molecule has 0 aliphatic heterocycles. The van der Waals surface area contributed by atoms with Crippen LogP contribution < -0.4 is 0 Å². The molecule has 1 N–H and O–H groups in total. The molecule has 2 fully saturated rings. The Morgan fingerprint density at radius 2 is 2.07 bits per heavy atom. The first-order valence-electron chi connectivity index (χ1n) is 6.44. The number of Topliss-reactive ketones (excluding diaryl/α,β-unsaturated/α-hetero) is 1. The molecular weight excluding hydrogens is 188 g/mol. The van der Waals surface area contributed by atoms with Gasteiger partial charge in [-0.15, -0.1) is 0 Å². The third kappa shape index (κ3) is 2.60. The van der Waals surface area contributed by atoms with E-state index in [0.29, 0.717) is 5.92 Å². The van der Waals surface area contributed by atoms with Gasteiger partial charge >= 0.3 is 0 Å². The molecule has 2 aliphatic carbocycles. The fourth-order valence-electron chi connectivity index (χ4n) is 2.81. The van der Waals surface area contributed by atoms with Crippen LogP contribution in [0.4, 0.5) is 0 Å². The standard InChI is InChI=1S/C13H22O2/c1-2-9-4-3-5-11(8-9)13(15)12(14)10-6-7-10/h9-12,14H,2-8H2,1H3. The highest BCUT2D eigenvalue weighted by Crippen LogP contribution is 2.37. The van der Waals surface area contributed by atoms with Crippen LogP contribution in [0.1, 0.15) is 51.9 Å². The van der Waals surface area contributed by atoms with Crippen LogP contribution in [0.3, 0.4) is 0 Å². The number of carbonyl (C=O) groups excluding carboxylic acids is 1. The molecule has 0 aromatic carbocycles. The number of ketones is 1. The zero-order valence-electron chi connectivity index (χ0n) is 9.61. The maximum absolute atomic E-state index is 12.0. The van der Waals surface area contributed by atoms with Crippen LogP contribution in [-0.2, 0) is 4.79 Å². The molecule has 0 aromatic heterocycles. The molecule has 2 saturated carbocycles. The molecule has 2 aliphatic rings. The summed E-state index contributed by atoms with van der Waals surface area (Å²) in [5.41, 5.74) is 0. The number of hydrogen-bond donors (Lipinski definition) is 1. The van der Waals surface area contributed by atoms with Crippen LogP contribution in [0.25, 0.3) is 0 Å². The zero-order valence-corrected chi connectivity index (χ0v) is 9.61. The van der Waals surface area contributed by atoms with Crippen molar-refractivity contribution in [2.45, 2.75) is 58.0 Å². The summed E-state index contributed by atoms with van der Waals surface area (Å²) in [6.45, 7) is 2.20. The number of carbonyl (C=O) groups is 1. The molecule has 0 saturated heterocycles. The first-order chi connectivity index (χ1) is 7.22. The Bertz CT molecular complexity index is 233. The molecule has 0 bridgehead atoms. The van der Waals surface area contributed by atoms with Gasteiger partial charge in [-0.3, -0.25) is 4.79 Å². The monoisotopic (exact) mass is 210 g/mol. The highest BCUT2D eigenvalue weighted by atomic mass is 16.3. The number of rotatable bonds is 4. The van der Waals surface area contributed by atoms with E-state index in [9.17, 15) is 9.90 Å². The molecule has 15 heavy (non-hydrogen) atoms. The van der Waals surface area contributed by atoms with Crippen molar-refractivity contribution in [3.63, 3.8) is 0 Å². The minimum atomic E-state index is -0.634. The van der Waals surface area contributed by atoms with E-state index in [1.807, 2.05) is 0 Å². The fourth-order valence-corrected chi connectivity index (χ4v) is 2.81. The van der Waals surface area contributed by atoms with Crippen molar-refractivity contribution >= 4 is 5.78 Å².